The predicted molar refractivity (Wildman–Crippen MR) is 127 cm³/mol. The first-order valence-electron chi connectivity index (χ1n) is 10.3. The quantitative estimate of drug-likeness (QED) is 0.394. The average molecular weight is 457 g/mol. The molecule has 4 aromatic rings. The van der Waals surface area contributed by atoms with E-state index in [0.717, 1.165) is 11.4 Å². The molecule has 164 valence electrons. The number of nitriles is 1. The fourth-order valence-electron chi connectivity index (χ4n) is 3.40. The molecule has 1 N–H and O–H groups in total. The summed E-state index contributed by atoms with van der Waals surface area (Å²) in [5.41, 5.74) is 2.59. The van der Waals surface area contributed by atoms with Crippen LogP contribution >= 0.6 is 11.6 Å². The minimum Gasteiger partial charge on any atom is -0.486 e. The SMILES string of the molecule is Cn1ccnc1COc1ccc(C(=O)Nc2ccc(C(C#N)c3ccccc3)c(Cl)c2)cc1. The number of hydrogen-bond acceptors (Lipinski definition) is 4. The molecule has 1 heterocycles. The van der Waals surface area contributed by atoms with Gasteiger partial charge in [-0.3, -0.25) is 4.79 Å². The Labute approximate surface area is 197 Å². The molecule has 1 amide bonds. The van der Waals surface area contributed by atoms with Crippen LogP contribution in [0.1, 0.15) is 33.2 Å². The van der Waals surface area contributed by atoms with E-state index in [1.807, 2.05) is 48.1 Å². The van der Waals surface area contributed by atoms with Gasteiger partial charge in [-0.15, -0.1) is 0 Å². The van der Waals surface area contributed by atoms with Crippen molar-refractivity contribution in [3.8, 4) is 11.8 Å². The molecule has 0 aliphatic carbocycles. The Balaban J connectivity index is 1.41. The molecule has 4 rings (SSSR count). The lowest BCUT2D eigenvalue weighted by molar-refractivity contribution is 0.102. The van der Waals surface area contributed by atoms with E-state index in [0.29, 0.717) is 34.2 Å². The summed E-state index contributed by atoms with van der Waals surface area (Å²) < 4.78 is 7.61. The second-order valence-corrected chi connectivity index (χ2v) is 7.84. The van der Waals surface area contributed by atoms with Gasteiger partial charge >= 0.3 is 0 Å². The standard InChI is InChI=1S/C26H21ClN4O2/c1-31-14-13-29-25(31)17-33-21-10-7-19(8-11-21)26(32)30-20-9-12-22(24(27)15-20)23(16-28)18-5-3-2-4-6-18/h2-15,23H,17H2,1H3,(H,30,32). The molecule has 0 aliphatic rings. The largest absolute Gasteiger partial charge is 0.486 e. The Bertz CT molecular complexity index is 1290. The number of benzene rings is 3. The van der Waals surface area contributed by atoms with E-state index in [1.54, 1.807) is 48.7 Å². The molecule has 0 spiro atoms. The maximum atomic E-state index is 12.7. The summed E-state index contributed by atoms with van der Waals surface area (Å²) in [6, 6.07) is 23.8. The number of hydrogen-bond donors (Lipinski definition) is 1. The zero-order chi connectivity index (χ0) is 23.2. The number of aromatic nitrogens is 2. The summed E-state index contributed by atoms with van der Waals surface area (Å²) in [7, 11) is 1.90. The molecule has 0 fully saturated rings. The molecule has 0 aliphatic heterocycles. The van der Waals surface area contributed by atoms with Crippen LogP contribution in [0.5, 0.6) is 5.75 Å². The summed E-state index contributed by atoms with van der Waals surface area (Å²) in [4.78, 5) is 16.9. The first-order chi connectivity index (χ1) is 16.0. The minimum absolute atomic E-state index is 0.269. The van der Waals surface area contributed by atoms with E-state index in [1.165, 1.54) is 0 Å². The summed E-state index contributed by atoms with van der Waals surface area (Å²) in [5, 5.41) is 12.9. The number of nitrogens with zero attached hydrogens (tertiary/aromatic N) is 3. The Hall–Kier alpha value is -4.08. The van der Waals surface area contributed by atoms with Crippen LogP contribution in [0.3, 0.4) is 0 Å². The van der Waals surface area contributed by atoms with E-state index >= 15 is 0 Å². The van der Waals surface area contributed by atoms with Crippen LogP contribution in [0, 0.1) is 11.3 Å². The fraction of sp³-hybridized carbons (Fsp3) is 0.115. The number of anilines is 1. The topological polar surface area (TPSA) is 79.9 Å². The summed E-state index contributed by atoms with van der Waals surface area (Å²) >= 11 is 6.47. The lowest BCUT2D eigenvalue weighted by atomic mass is 9.92. The van der Waals surface area contributed by atoms with Crippen molar-refractivity contribution in [3.63, 3.8) is 0 Å². The second-order valence-electron chi connectivity index (χ2n) is 7.43. The number of nitrogens with one attached hydrogen (secondary N) is 1. The van der Waals surface area contributed by atoms with Crippen molar-refractivity contribution in [2.75, 3.05) is 5.32 Å². The number of imidazole rings is 1. The van der Waals surface area contributed by atoms with Crippen LogP contribution in [0.2, 0.25) is 5.02 Å². The number of carbonyl (C=O) groups excluding carboxylic acids is 1. The Kier molecular flexibility index (Phi) is 6.72. The zero-order valence-corrected chi connectivity index (χ0v) is 18.7. The minimum atomic E-state index is -0.484. The van der Waals surface area contributed by atoms with Gasteiger partial charge < -0.3 is 14.6 Å². The molecule has 1 atom stereocenters. The summed E-state index contributed by atoms with van der Waals surface area (Å²) in [5.74, 6) is 0.699. The third kappa shape index (κ3) is 5.22. The zero-order valence-electron chi connectivity index (χ0n) is 17.9. The number of halogens is 1. The first-order valence-corrected chi connectivity index (χ1v) is 10.7. The van der Waals surface area contributed by atoms with Crippen molar-refractivity contribution in [1.29, 1.82) is 5.26 Å². The van der Waals surface area contributed by atoms with E-state index in [2.05, 4.69) is 16.4 Å². The monoisotopic (exact) mass is 456 g/mol. The van der Waals surface area contributed by atoms with Crippen LogP contribution in [-0.2, 0) is 13.7 Å². The number of aryl methyl sites for hydroxylation is 1. The lowest BCUT2D eigenvalue weighted by Crippen LogP contribution is -2.12. The van der Waals surface area contributed by atoms with Gasteiger partial charge in [0.05, 0.1) is 12.0 Å². The summed E-state index contributed by atoms with van der Waals surface area (Å²) in [6.07, 6.45) is 3.57. The van der Waals surface area contributed by atoms with Crippen molar-refractivity contribution in [3.05, 3.63) is 113 Å². The van der Waals surface area contributed by atoms with E-state index in [9.17, 15) is 10.1 Å². The molecule has 7 heteroatoms. The molecule has 0 radical (unpaired) electrons. The maximum absolute atomic E-state index is 12.7. The van der Waals surface area contributed by atoms with Gasteiger partial charge in [-0.2, -0.15) is 5.26 Å². The Morgan fingerprint density at radius 1 is 1.15 bits per heavy atom. The van der Waals surface area contributed by atoms with Gasteiger partial charge in [-0.1, -0.05) is 48.0 Å². The van der Waals surface area contributed by atoms with Crippen molar-refractivity contribution < 1.29 is 9.53 Å². The smallest absolute Gasteiger partial charge is 0.255 e. The van der Waals surface area contributed by atoms with Crippen LogP contribution in [0.15, 0.2) is 85.2 Å². The average Bonchev–Trinajstić information content (AvgIpc) is 3.25. The predicted octanol–water partition coefficient (Wildman–Crippen LogP) is 5.56. The molecule has 0 bridgehead atoms. The number of carbonyl (C=O) groups is 1. The maximum Gasteiger partial charge on any atom is 0.255 e. The highest BCUT2D eigenvalue weighted by Crippen LogP contribution is 2.32. The molecule has 1 aromatic heterocycles. The second kappa shape index (κ2) is 10.0. The Morgan fingerprint density at radius 2 is 1.91 bits per heavy atom. The molecule has 0 saturated heterocycles. The molecule has 0 saturated carbocycles. The van der Waals surface area contributed by atoms with Crippen molar-refractivity contribution >= 4 is 23.2 Å². The van der Waals surface area contributed by atoms with Crippen molar-refractivity contribution in [2.45, 2.75) is 12.5 Å². The van der Waals surface area contributed by atoms with Gasteiger partial charge in [0.25, 0.3) is 5.91 Å². The third-order valence-corrected chi connectivity index (χ3v) is 5.56. The van der Waals surface area contributed by atoms with Crippen LogP contribution in [0.25, 0.3) is 0 Å². The van der Waals surface area contributed by atoms with Gasteiger partial charge in [0.1, 0.15) is 18.2 Å². The number of ether oxygens (including phenoxy) is 1. The lowest BCUT2D eigenvalue weighted by Gasteiger charge is -2.14. The van der Waals surface area contributed by atoms with Gasteiger partial charge in [-0.05, 0) is 47.5 Å². The van der Waals surface area contributed by atoms with Crippen molar-refractivity contribution in [1.82, 2.24) is 9.55 Å². The van der Waals surface area contributed by atoms with E-state index < -0.39 is 5.92 Å². The molecular weight excluding hydrogens is 436 g/mol. The van der Waals surface area contributed by atoms with Gasteiger partial charge in [-0.25, -0.2) is 4.98 Å². The molecular formula is C26H21ClN4O2. The molecule has 33 heavy (non-hydrogen) atoms. The molecule has 1 unspecified atom stereocenters. The fourth-order valence-corrected chi connectivity index (χ4v) is 3.69. The Morgan fingerprint density at radius 3 is 2.55 bits per heavy atom. The highest BCUT2D eigenvalue weighted by atomic mass is 35.5. The number of rotatable bonds is 7. The highest BCUT2D eigenvalue weighted by molar-refractivity contribution is 6.32. The third-order valence-electron chi connectivity index (χ3n) is 5.24. The van der Waals surface area contributed by atoms with E-state index in [-0.39, 0.29) is 5.91 Å². The molecule has 6 nitrogen and oxygen atoms in total. The van der Waals surface area contributed by atoms with Crippen LogP contribution in [-0.4, -0.2) is 15.5 Å². The van der Waals surface area contributed by atoms with Crippen LogP contribution < -0.4 is 10.1 Å². The van der Waals surface area contributed by atoms with Gasteiger partial charge in [0.15, 0.2) is 0 Å². The molecule has 3 aromatic carbocycles. The first kappa shape index (κ1) is 22.1. The van der Waals surface area contributed by atoms with Gasteiger partial charge in [0, 0.05) is 35.7 Å². The highest BCUT2D eigenvalue weighted by Gasteiger charge is 2.17. The van der Waals surface area contributed by atoms with Crippen LogP contribution in [0.4, 0.5) is 5.69 Å². The van der Waals surface area contributed by atoms with Gasteiger partial charge in [0.2, 0.25) is 0 Å². The van der Waals surface area contributed by atoms with E-state index in [4.69, 9.17) is 16.3 Å². The summed E-state index contributed by atoms with van der Waals surface area (Å²) in [6.45, 7) is 0.340. The normalized spacial score (nSPS) is 11.4. The van der Waals surface area contributed by atoms with Crippen molar-refractivity contribution in [2.24, 2.45) is 7.05 Å². The number of amides is 1.